The Morgan fingerprint density at radius 2 is 2.00 bits per heavy atom. The molecule has 0 heterocycles. The standard InChI is InChI=1S/C15H13BrClNO2/c1-20-15(19)14(12-7-2-3-8-13(12)17)18-11-6-4-5-10(16)9-11/h2-9,14,18H,1H3. The normalized spacial score (nSPS) is 11.8. The molecule has 1 atom stereocenters. The molecule has 0 spiro atoms. The summed E-state index contributed by atoms with van der Waals surface area (Å²) < 4.78 is 5.77. The number of halogens is 2. The summed E-state index contributed by atoms with van der Waals surface area (Å²) >= 11 is 9.56. The minimum atomic E-state index is -0.650. The van der Waals surface area contributed by atoms with E-state index in [1.54, 1.807) is 12.1 Å². The van der Waals surface area contributed by atoms with Crippen LogP contribution in [0.25, 0.3) is 0 Å². The minimum Gasteiger partial charge on any atom is -0.467 e. The second-order valence-electron chi connectivity index (χ2n) is 4.13. The van der Waals surface area contributed by atoms with Crippen molar-refractivity contribution in [2.24, 2.45) is 0 Å². The molecular formula is C15H13BrClNO2. The Morgan fingerprint density at radius 1 is 1.25 bits per heavy atom. The molecule has 0 saturated carbocycles. The molecule has 0 fully saturated rings. The van der Waals surface area contributed by atoms with Crippen LogP contribution in [0.5, 0.6) is 0 Å². The second kappa shape index (κ2) is 6.77. The quantitative estimate of drug-likeness (QED) is 0.826. The lowest BCUT2D eigenvalue weighted by molar-refractivity contribution is -0.141. The van der Waals surface area contributed by atoms with Crippen LogP contribution < -0.4 is 5.32 Å². The number of ether oxygens (including phenoxy) is 1. The minimum absolute atomic E-state index is 0.391. The lowest BCUT2D eigenvalue weighted by Crippen LogP contribution is -2.22. The fourth-order valence-electron chi connectivity index (χ4n) is 1.84. The van der Waals surface area contributed by atoms with E-state index in [2.05, 4.69) is 21.2 Å². The number of carbonyl (C=O) groups is 1. The molecular weight excluding hydrogens is 342 g/mol. The van der Waals surface area contributed by atoms with Crippen LogP contribution in [0.3, 0.4) is 0 Å². The van der Waals surface area contributed by atoms with Crippen molar-refractivity contribution < 1.29 is 9.53 Å². The van der Waals surface area contributed by atoms with Gasteiger partial charge >= 0.3 is 5.97 Å². The molecule has 20 heavy (non-hydrogen) atoms. The van der Waals surface area contributed by atoms with Crippen molar-refractivity contribution in [2.75, 3.05) is 12.4 Å². The number of carbonyl (C=O) groups excluding carboxylic acids is 1. The summed E-state index contributed by atoms with van der Waals surface area (Å²) in [6.07, 6.45) is 0. The molecule has 0 aliphatic rings. The third-order valence-corrected chi connectivity index (χ3v) is 3.63. The number of nitrogens with one attached hydrogen (secondary N) is 1. The van der Waals surface area contributed by atoms with E-state index in [9.17, 15) is 4.79 Å². The fourth-order valence-corrected chi connectivity index (χ4v) is 2.48. The Morgan fingerprint density at radius 3 is 2.65 bits per heavy atom. The van der Waals surface area contributed by atoms with Gasteiger partial charge in [0.2, 0.25) is 0 Å². The van der Waals surface area contributed by atoms with Gasteiger partial charge < -0.3 is 10.1 Å². The first-order chi connectivity index (χ1) is 9.61. The monoisotopic (exact) mass is 353 g/mol. The lowest BCUT2D eigenvalue weighted by Gasteiger charge is -2.19. The van der Waals surface area contributed by atoms with Gasteiger partial charge in [0.15, 0.2) is 6.04 Å². The Bertz CT molecular complexity index is 618. The van der Waals surface area contributed by atoms with Crippen molar-refractivity contribution in [1.82, 2.24) is 0 Å². The number of benzene rings is 2. The molecule has 0 radical (unpaired) electrons. The van der Waals surface area contributed by atoms with Crippen LogP contribution >= 0.6 is 27.5 Å². The predicted octanol–water partition coefficient (Wildman–Crippen LogP) is 4.43. The van der Waals surface area contributed by atoms with Gasteiger partial charge in [-0.1, -0.05) is 51.8 Å². The summed E-state index contributed by atoms with van der Waals surface area (Å²) in [6.45, 7) is 0. The number of hydrogen-bond acceptors (Lipinski definition) is 3. The van der Waals surface area contributed by atoms with Crippen LogP contribution in [-0.2, 0) is 9.53 Å². The van der Waals surface area contributed by atoms with E-state index in [4.69, 9.17) is 16.3 Å². The Hall–Kier alpha value is -1.52. The first-order valence-corrected chi connectivity index (χ1v) is 7.13. The largest absolute Gasteiger partial charge is 0.467 e. The molecule has 3 nitrogen and oxygen atoms in total. The van der Waals surface area contributed by atoms with Crippen LogP contribution in [0.2, 0.25) is 5.02 Å². The van der Waals surface area contributed by atoms with Crippen molar-refractivity contribution >= 4 is 39.2 Å². The zero-order valence-electron chi connectivity index (χ0n) is 10.8. The molecule has 0 aliphatic heterocycles. The highest BCUT2D eigenvalue weighted by Crippen LogP contribution is 2.28. The molecule has 5 heteroatoms. The SMILES string of the molecule is COC(=O)C(Nc1cccc(Br)c1)c1ccccc1Cl. The van der Waals surface area contributed by atoms with E-state index < -0.39 is 12.0 Å². The van der Waals surface area contributed by atoms with Gasteiger partial charge in [-0.05, 0) is 24.3 Å². The van der Waals surface area contributed by atoms with E-state index in [0.717, 1.165) is 10.2 Å². The highest BCUT2D eigenvalue weighted by atomic mass is 79.9. The maximum absolute atomic E-state index is 12.0. The first-order valence-electron chi connectivity index (χ1n) is 5.96. The van der Waals surface area contributed by atoms with Crippen LogP contribution in [0.1, 0.15) is 11.6 Å². The van der Waals surface area contributed by atoms with Crippen LogP contribution in [-0.4, -0.2) is 13.1 Å². The molecule has 2 rings (SSSR count). The van der Waals surface area contributed by atoms with Gasteiger partial charge in [0.25, 0.3) is 0 Å². The number of rotatable bonds is 4. The summed E-state index contributed by atoms with van der Waals surface area (Å²) in [6, 6.07) is 14.1. The van der Waals surface area contributed by atoms with E-state index in [0.29, 0.717) is 10.6 Å². The number of hydrogen-bond donors (Lipinski definition) is 1. The zero-order chi connectivity index (χ0) is 14.5. The van der Waals surface area contributed by atoms with Gasteiger partial charge in [-0.2, -0.15) is 0 Å². The van der Waals surface area contributed by atoms with Crippen LogP contribution in [0.4, 0.5) is 5.69 Å². The van der Waals surface area contributed by atoms with E-state index in [-0.39, 0.29) is 0 Å². The molecule has 0 amide bonds. The van der Waals surface area contributed by atoms with E-state index in [1.165, 1.54) is 7.11 Å². The van der Waals surface area contributed by atoms with Crippen molar-refractivity contribution in [2.45, 2.75) is 6.04 Å². The summed E-state index contributed by atoms with van der Waals surface area (Å²) in [4.78, 5) is 12.0. The third kappa shape index (κ3) is 3.52. The lowest BCUT2D eigenvalue weighted by atomic mass is 10.1. The Labute approximate surface area is 131 Å². The van der Waals surface area contributed by atoms with Crippen molar-refractivity contribution in [3.63, 3.8) is 0 Å². The van der Waals surface area contributed by atoms with Gasteiger partial charge in [-0.25, -0.2) is 4.79 Å². The molecule has 0 aromatic heterocycles. The van der Waals surface area contributed by atoms with Gasteiger partial charge in [-0.3, -0.25) is 0 Å². The van der Waals surface area contributed by atoms with E-state index >= 15 is 0 Å². The van der Waals surface area contributed by atoms with Crippen molar-refractivity contribution in [1.29, 1.82) is 0 Å². The van der Waals surface area contributed by atoms with E-state index in [1.807, 2.05) is 36.4 Å². The second-order valence-corrected chi connectivity index (χ2v) is 5.46. The van der Waals surface area contributed by atoms with Gasteiger partial charge in [0.1, 0.15) is 0 Å². The zero-order valence-corrected chi connectivity index (χ0v) is 13.1. The summed E-state index contributed by atoms with van der Waals surface area (Å²) in [5, 5.41) is 3.66. The molecule has 2 aromatic carbocycles. The summed E-state index contributed by atoms with van der Waals surface area (Å²) in [5.74, 6) is -0.391. The fraction of sp³-hybridized carbons (Fsp3) is 0.133. The number of anilines is 1. The molecule has 0 bridgehead atoms. The Balaban J connectivity index is 2.34. The molecule has 104 valence electrons. The molecule has 0 saturated heterocycles. The Kier molecular flexibility index (Phi) is 5.04. The highest BCUT2D eigenvalue weighted by molar-refractivity contribution is 9.10. The molecule has 1 unspecified atom stereocenters. The summed E-state index contributed by atoms with van der Waals surface area (Å²) in [7, 11) is 1.36. The van der Waals surface area contributed by atoms with Crippen LogP contribution in [0.15, 0.2) is 53.0 Å². The van der Waals surface area contributed by atoms with Gasteiger partial charge in [0, 0.05) is 20.7 Å². The van der Waals surface area contributed by atoms with Gasteiger partial charge in [0.05, 0.1) is 7.11 Å². The average Bonchev–Trinajstić information content (AvgIpc) is 2.45. The molecule has 1 N–H and O–H groups in total. The van der Waals surface area contributed by atoms with Gasteiger partial charge in [-0.15, -0.1) is 0 Å². The molecule has 0 aliphatic carbocycles. The maximum Gasteiger partial charge on any atom is 0.333 e. The van der Waals surface area contributed by atoms with Crippen molar-refractivity contribution in [3.8, 4) is 0 Å². The van der Waals surface area contributed by atoms with Crippen LogP contribution in [0, 0.1) is 0 Å². The first kappa shape index (κ1) is 14.9. The third-order valence-electron chi connectivity index (χ3n) is 2.79. The average molecular weight is 355 g/mol. The molecule has 2 aromatic rings. The smallest absolute Gasteiger partial charge is 0.333 e. The summed E-state index contributed by atoms with van der Waals surface area (Å²) in [5.41, 5.74) is 1.48. The predicted molar refractivity (Wildman–Crippen MR) is 84.0 cm³/mol. The topological polar surface area (TPSA) is 38.3 Å². The maximum atomic E-state index is 12.0. The highest BCUT2D eigenvalue weighted by Gasteiger charge is 2.23. The number of methoxy groups -OCH3 is 1. The number of esters is 1. The van der Waals surface area contributed by atoms with Crippen molar-refractivity contribution in [3.05, 3.63) is 63.6 Å².